The molecule has 0 saturated heterocycles. The Hall–Kier alpha value is -3.66. The predicted octanol–water partition coefficient (Wildman–Crippen LogP) is 2.22. The molecule has 0 aliphatic carbocycles. The van der Waals surface area contributed by atoms with E-state index in [4.69, 9.17) is 4.74 Å². The summed E-state index contributed by atoms with van der Waals surface area (Å²) >= 11 is 1.17. The van der Waals surface area contributed by atoms with Crippen LogP contribution in [0.5, 0.6) is 5.75 Å². The summed E-state index contributed by atoms with van der Waals surface area (Å²) in [7, 11) is 1.56. The van der Waals surface area contributed by atoms with E-state index in [0.717, 1.165) is 0 Å². The van der Waals surface area contributed by atoms with Crippen LogP contribution in [0.4, 0.5) is 5.69 Å². The lowest BCUT2D eigenvalue weighted by molar-refractivity contribution is -0.113. The third kappa shape index (κ3) is 4.11. The number of aromatic amines is 1. The fourth-order valence-corrected chi connectivity index (χ4v) is 3.32. The van der Waals surface area contributed by atoms with Gasteiger partial charge in [-0.1, -0.05) is 48.2 Å². The number of rotatable bonds is 6. The van der Waals surface area contributed by atoms with E-state index < -0.39 is 0 Å². The van der Waals surface area contributed by atoms with Gasteiger partial charge in [0.25, 0.3) is 11.3 Å². The minimum Gasteiger partial charge on any atom is -0.497 e. The summed E-state index contributed by atoms with van der Waals surface area (Å²) in [6.45, 7) is 0. The number of hydrogen-bond acceptors (Lipinski definition) is 7. The van der Waals surface area contributed by atoms with Crippen molar-refractivity contribution >= 4 is 29.1 Å². The molecule has 1 amide bonds. The molecule has 10 heteroatoms. The van der Waals surface area contributed by atoms with Crippen molar-refractivity contribution in [2.75, 3.05) is 18.2 Å². The van der Waals surface area contributed by atoms with E-state index in [-0.39, 0.29) is 28.7 Å². The summed E-state index contributed by atoms with van der Waals surface area (Å²) in [6, 6.07) is 16.2. The highest BCUT2D eigenvalue weighted by Gasteiger charge is 2.14. The number of ether oxygens (including phenoxy) is 1. The second-order valence-electron chi connectivity index (χ2n) is 5.96. The van der Waals surface area contributed by atoms with Crippen molar-refractivity contribution in [3.8, 4) is 17.0 Å². The van der Waals surface area contributed by atoms with E-state index >= 15 is 0 Å². The van der Waals surface area contributed by atoms with E-state index in [1.54, 1.807) is 43.5 Å². The number of anilines is 1. The Kier molecular flexibility index (Phi) is 5.25. The molecule has 2 N–H and O–H groups in total. The Labute approximate surface area is 169 Å². The highest BCUT2D eigenvalue weighted by atomic mass is 32.2. The minimum atomic E-state index is -0.358. The summed E-state index contributed by atoms with van der Waals surface area (Å²) in [4.78, 5) is 27.2. The average molecular weight is 408 g/mol. The van der Waals surface area contributed by atoms with Crippen molar-refractivity contribution in [1.82, 2.24) is 24.8 Å². The van der Waals surface area contributed by atoms with Crippen LogP contribution in [0.15, 0.2) is 64.5 Å². The highest BCUT2D eigenvalue weighted by Crippen LogP contribution is 2.19. The number of hydrogen-bond donors (Lipinski definition) is 2. The van der Waals surface area contributed by atoms with Gasteiger partial charge in [-0.15, -0.1) is 10.2 Å². The monoisotopic (exact) mass is 408 g/mol. The normalized spacial score (nSPS) is 10.8. The summed E-state index contributed by atoms with van der Waals surface area (Å²) in [6.07, 6.45) is 0. The number of fused-ring (bicyclic) bond motifs is 1. The van der Waals surface area contributed by atoms with Crippen LogP contribution in [-0.2, 0) is 4.79 Å². The van der Waals surface area contributed by atoms with Gasteiger partial charge in [-0.3, -0.25) is 14.6 Å². The zero-order chi connectivity index (χ0) is 20.2. The largest absolute Gasteiger partial charge is 0.497 e. The Balaban J connectivity index is 1.52. The van der Waals surface area contributed by atoms with Gasteiger partial charge in [-0.05, 0) is 12.1 Å². The molecule has 4 rings (SSSR count). The van der Waals surface area contributed by atoms with Crippen LogP contribution < -0.4 is 15.6 Å². The molecule has 0 aliphatic rings. The lowest BCUT2D eigenvalue weighted by Gasteiger charge is -2.06. The second-order valence-corrected chi connectivity index (χ2v) is 6.90. The lowest BCUT2D eigenvalue weighted by atomic mass is 10.2. The smallest absolute Gasteiger partial charge is 0.279 e. The number of nitrogens with one attached hydrogen (secondary N) is 2. The van der Waals surface area contributed by atoms with Gasteiger partial charge < -0.3 is 10.1 Å². The summed E-state index contributed by atoms with van der Waals surface area (Å²) in [5, 5.41) is 15.5. The molecule has 2 heterocycles. The van der Waals surface area contributed by atoms with E-state index in [1.807, 2.05) is 18.2 Å². The highest BCUT2D eigenvalue weighted by molar-refractivity contribution is 7.99. The molecular formula is C19H16N6O3S. The van der Waals surface area contributed by atoms with Gasteiger partial charge in [0.15, 0.2) is 5.69 Å². The quantitative estimate of drug-likeness (QED) is 0.470. The molecule has 2 aromatic carbocycles. The van der Waals surface area contributed by atoms with Crippen LogP contribution in [0.25, 0.3) is 17.0 Å². The first-order chi connectivity index (χ1) is 14.1. The first kappa shape index (κ1) is 18.7. The molecule has 0 aliphatic heterocycles. The molecule has 4 aromatic rings. The van der Waals surface area contributed by atoms with E-state index in [0.29, 0.717) is 22.2 Å². The number of amides is 1. The molecule has 0 saturated carbocycles. The number of methoxy groups -OCH3 is 1. The van der Waals surface area contributed by atoms with Crippen LogP contribution >= 0.6 is 11.8 Å². The van der Waals surface area contributed by atoms with E-state index in [1.165, 1.54) is 16.3 Å². The van der Waals surface area contributed by atoms with Gasteiger partial charge in [0, 0.05) is 17.3 Å². The van der Waals surface area contributed by atoms with Crippen molar-refractivity contribution in [1.29, 1.82) is 0 Å². The molecule has 0 bridgehead atoms. The van der Waals surface area contributed by atoms with Gasteiger partial charge in [0.1, 0.15) is 5.75 Å². The van der Waals surface area contributed by atoms with Crippen molar-refractivity contribution in [2.45, 2.75) is 5.16 Å². The number of carbonyl (C=O) groups is 1. The molecule has 0 fully saturated rings. The van der Waals surface area contributed by atoms with Crippen molar-refractivity contribution < 1.29 is 9.53 Å². The lowest BCUT2D eigenvalue weighted by Crippen LogP contribution is -2.16. The second kappa shape index (κ2) is 8.15. The zero-order valence-electron chi connectivity index (χ0n) is 15.3. The third-order valence-corrected chi connectivity index (χ3v) is 4.90. The number of nitrogens with zero attached hydrogens (tertiary/aromatic N) is 4. The maximum absolute atomic E-state index is 12.3. The number of aromatic nitrogens is 5. The Bertz CT molecular complexity index is 1220. The van der Waals surface area contributed by atoms with Gasteiger partial charge in [-0.25, -0.2) is 0 Å². The van der Waals surface area contributed by atoms with Crippen LogP contribution in [0.3, 0.4) is 0 Å². The number of thioether (sulfide) groups is 1. The van der Waals surface area contributed by atoms with Crippen molar-refractivity contribution in [3.63, 3.8) is 0 Å². The molecule has 0 atom stereocenters. The number of benzene rings is 2. The van der Waals surface area contributed by atoms with Crippen LogP contribution in [-0.4, -0.2) is 43.6 Å². The first-order valence-electron chi connectivity index (χ1n) is 8.62. The average Bonchev–Trinajstić information content (AvgIpc) is 3.14. The predicted molar refractivity (Wildman–Crippen MR) is 109 cm³/mol. The molecular weight excluding hydrogens is 392 g/mol. The van der Waals surface area contributed by atoms with Gasteiger partial charge in [-0.2, -0.15) is 9.61 Å². The van der Waals surface area contributed by atoms with E-state index in [2.05, 4.69) is 25.6 Å². The van der Waals surface area contributed by atoms with Gasteiger partial charge >= 0.3 is 0 Å². The maximum Gasteiger partial charge on any atom is 0.279 e. The van der Waals surface area contributed by atoms with Gasteiger partial charge in [0.05, 0.1) is 12.9 Å². The molecule has 146 valence electrons. The van der Waals surface area contributed by atoms with Crippen molar-refractivity contribution in [3.05, 3.63) is 65.0 Å². The third-order valence-electron chi connectivity index (χ3n) is 3.99. The molecule has 9 nitrogen and oxygen atoms in total. The Morgan fingerprint density at radius 1 is 1.17 bits per heavy atom. The summed E-state index contributed by atoms with van der Waals surface area (Å²) in [5.74, 6) is 0.748. The number of carbonyl (C=O) groups excluding carboxylic acids is 1. The number of H-pyrrole nitrogens is 1. The molecule has 0 radical (unpaired) electrons. The zero-order valence-corrected chi connectivity index (χ0v) is 16.1. The van der Waals surface area contributed by atoms with Crippen LogP contribution in [0.2, 0.25) is 0 Å². The fourth-order valence-electron chi connectivity index (χ4n) is 2.64. The standard InChI is InChI=1S/C19H16N6O3S/c1-28-14-9-5-8-13(10-14)20-15(26)11-29-19-23-22-18-21-17(27)16(24-25(18)19)12-6-3-2-4-7-12/h2-10H,11H2,1H3,(H,20,26)(H,21,22,27). The minimum absolute atomic E-state index is 0.0967. The molecule has 29 heavy (non-hydrogen) atoms. The van der Waals surface area contributed by atoms with Crippen LogP contribution in [0, 0.1) is 0 Å². The Morgan fingerprint density at radius 3 is 2.79 bits per heavy atom. The molecule has 2 aromatic heterocycles. The summed E-state index contributed by atoms with van der Waals surface area (Å²) in [5.41, 5.74) is 1.20. The summed E-state index contributed by atoms with van der Waals surface area (Å²) < 4.78 is 6.57. The Morgan fingerprint density at radius 2 is 2.00 bits per heavy atom. The fraction of sp³-hybridized carbons (Fsp3) is 0.105. The van der Waals surface area contributed by atoms with E-state index in [9.17, 15) is 9.59 Å². The van der Waals surface area contributed by atoms with Crippen molar-refractivity contribution in [2.24, 2.45) is 0 Å². The molecule has 0 unspecified atom stereocenters. The van der Waals surface area contributed by atoms with Gasteiger partial charge in [0.2, 0.25) is 11.1 Å². The first-order valence-corrected chi connectivity index (χ1v) is 9.60. The maximum atomic E-state index is 12.3. The SMILES string of the molecule is COc1cccc(NC(=O)CSc2nnc3[nH]c(=O)c(-c4ccccc4)nn23)c1. The molecule has 0 spiro atoms. The van der Waals surface area contributed by atoms with Crippen LogP contribution in [0.1, 0.15) is 0 Å². The topological polar surface area (TPSA) is 114 Å².